The number of likely N-dealkylation sites (tertiary alicyclic amines) is 1. The fourth-order valence-corrected chi connectivity index (χ4v) is 5.04. The van der Waals surface area contributed by atoms with Crippen LogP contribution in [-0.4, -0.2) is 46.9 Å². The number of hydrogen-bond donors (Lipinski definition) is 2. The van der Waals surface area contributed by atoms with Crippen LogP contribution in [-0.2, 0) is 4.79 Å². The SMILES string of the molecule is NC1C2CCCC1CC(C(=O)NC1CCN(C(=O)c3ccccn3)C1)C2. The third-order valence-electron chi connectivity index (χ3n) is 6.49. The number of nitrogens with two attached hydrogens (primary N) is 1. The highest BCUT2D eigenvalue weighted by Gasteiger charge is 2.41. The van der Waals surface area contributed by atoms with Gasteiger partial charge in [0.25, 0.3) is 5.91 Å². The van der Waals surface area contributed by atoms with E-state index >= 15 is 0 Å². The number of fused-ring (bicyclic) bond motifs is 2. The first-order valence-electron chi connectivity index (χ1n) is 9.88. The van der Waals surface area contributed by atoms with Gasteiger partial charge in [-0.25, -0.2) is 0 Å². The zero-order valence-corrected chi connectivity index (χ0v) is 15.1. The van der Waals surface area contributed by atoms with Crippen LogP contribution in [0.4, 0.5) is 0 Å². The molecule has 2 amide bonds. The summed E-state index contributed by atoms with van der Waals surface area (Å²) in [5.41, 5.74) is 6.80. The number of amides is 2. The summed E-state index contributed by atoms with van der Waals surface area (Å²) in [4.78, 5) is 31.2. The number of nitrogens with one attached hydrogen (secondary N) is 1. The van der Waals surface area contributed by atoms with Crippen LogP contribution in [0.15, 0.2) is 24.4 Å². The second kappa shape index (κ2) is 7.35. The Labute approximate surface area is 154 Å². The minimum atomic E-state index is -0.0551. The van der Waals surface area contributed by atoms with Crippen molar-refractivity contribution in [1.82, 2.24) is 15.2 Å². The quantitative estimate of drug-likeness (QED) is 0.860. The lowest BCUT2D eigenvalue weighted by molar-refractivity contribution is -0.128. The number of carbonyl (C=O) groups is 2. The molecule has 0 aromatic carbocycles. The van der Waals surface area contributed by atoms with E-state index in [1.807, 2.05) is 6.07 Å². The summed E-state index contributed by atoms with van der Waals surface area (Å²) >= 11 is 0. The van der Waals surface area contributed by atoms with Crippen LogP contribution in [0.5, 0.6) is 0 Å². The van der Waals surface area contributed by atoms with Crippen molar-refractivity contribution in [2.24, 2.45) is 23.5 Å². The van der Waals surface area contributed by atoms with Gasteiger partial charge in [-0.2, -0.15) is 0 Å². The van der Waals surface area contributed by atoms with E-state index < -0.39 is 0 Å². The molecule has 3 aliphatic rings. The van der Waals surface area contributed by atoms with E-state index in [4.69, 9.17) is 5.73 Å². The molecule has 6 nitrogen and oxygen atoms in total. The first-order valence-corrected chi connectivity index (χ1v) is 9.88. The molecular formula is C20H28N4O2. The summed E-state index contributed by atoms with van der Waals surface area (Å²) in [6.45, 7) is 1.24. The van der Waals surface area contributed by atoms with Gasteiger partial charge in [0.2, 0.25) is 5.91 Å². The van der Waals surface area contributed by atoms with Gasteiger partial charge in [-0.3, -0.25) is 14.6 Å². The van der Waals surface area contributed by atoms with E-state index in [0.29, 0.717) is 30.6 Å². The van der Waals surface area contributed by atoms with Crippen LogP contribution in [0.25, 0.3) is 0 Å². The molecule has 4 rings (SSSR count). The average Bonchev–Trinajstić information content (AvgIpc) is 3.10. The predicted octanol–water partition coefficient (Wildman–Crippen LogP) is 1.57. The largest absolute Gasteiger partial charge is 0.351 e. The van der Waals surface area contributed by atoms with Crippen molar-refractivity contribution in [3.05, 3.63) is 30.1 Å². The predicted molar refractivity (Wildman–Crippen MR) is 98.2 cm³/mol. The van der Waals surface area contributed by atoms with Crippen LogP contribution < -0.4 is 11.1 Å². The van der Waals surface area contributed by atoms with Crippen molar-refractivity contribution in [3.8, 4) is 0 Å². The van der Waals surface area contributed by atoms with Crippen molar-refractivity contribution in [2.45, 2.75) is 50.6 Å². The minimum Gasteiger partial charge on any atom is -0.351 e. The zero-order chi connectivity index (χ0) is 18.1. The molecule has 0 spiro atoms. The summed E-state index contributed by atoms with van der Waals surface area (Å²) in [5.74, 6) is 1.20. The normalized spacial score (nSPS) is 33.7. The van der Waals surface area contributed by atoms with E-state index in [0.717, 1.165) is 32.1 Å². The minimum absolute atomic E-state index is 0.0469. The van der Waals surface area contributed by atoms with Crippen molar-refractivity contribution in [2.75, 3.05) is 13.1 Å². The van der Waals surface area contributed by atoms with Gasteiger partial charge in [-0.1, -0.05) is 12.5 Å². The van der Waals surface area contributed by atoms with Gasteiger partial charge in [0, 0.05) is 37.3 Å². The van der Waals surface area contributed by atoms with Crippen molar-refractivity contribution in [3.63, 3.8) is 0 Å². The average molecular weight is 356 g/mol. The van der Waals surface area contributed by atoms with Gasteiger partial charge in [0.15, 0.2) is 0 Å². The fourth-order valence-electron chi connectivity index (χ4n) is 5.04. The lowest BCUT2D eigenvalue weighted by Gasteiger charge is -2.43. The fraction of sp³-hybridized carbons (Fsp3) is 0.650. The van der Waals surface area contributed by atoms with E-state index in [-0.39, 0.29) is 29.8 Å². The van der Waals surface area contributed by atoms with Gasteiger partial charge < -0.3 is 16.0 Å². The van der Waals surface area contributed by atoms with E-state index in [1.165, 1.54) is 6.42 Å². The van der Waals surface area contributed by atoms with E-state index in [9.17, 15) is 9.59 Å². The number of carbonyl (C=O) groups excluding carboxylic acids is 2. The van der Waals surface area contributed by atoms with Gasteiger partial charge in [0.05, 0.1) is 0 Å². The van der Waals surface area contributed by atoms with Crippen LogP contribution in [0.2, 0.25) is 0 Å². The van der Waals surface area contributed by atoms with Crippen LogP contribution in [0, 0.1) is 17.8 Å². The maximum Gasteiger partial charge on any atom is 0.272 e. The molecule has 140 valence electrons. The number of pyridine rings is 1. The van der Waals surface area contributed by atoms with Crippen LogP contribution in [0.3, 0.4) is 0 Å². The Hall–Kier alpha value is -1.95. The van der Waals surface area contributed by atoms with Gasteiger partial charge >= 0.3 is 0 Å². The maximum absolute atomic E-state index is 12.8. The molecule has 6 heteroatoms. The summed E-state index contributed by atoms with van der Waals surface area (Å²) < 4.78 is 0. The highest BCUT2D eigenvalue weighted by molar-refractivity contribution is 5.92. The third-order valence-corrected chi connectivity index (χ3v) is 6.49. The molecule has 0 radical (unpaired) electrons. The first-order chi connectivity index (χ1) is 12.6. The van der Waals surface area contributed by atoms with E-state index in [1.54, 1.807) is 23.2 Å². The van der Waals surface area contributed by atoms with E-state index in [2.05, 4.69) is 10.3 Å². The molecule has 3 N–H and O–H groups in total. The lowest BCUT2D eigenvalue weighted by Crippen LogP contribution is -2.50. The highest BCUT2D eigenvalue weighted by Crippen LogP contribution is 2.41. The highest BCUT2D eigenvalue weighted by atomic mass is 16.2. The molecular weight excluding hydrogens is 328 g/mol. The molecule has 3 atom stereocenters. The van der Waals surface area contributed by atoms with Crippen LogP contribution in [0.1, 0.15) is 49.0 Å². The first kappa shape index (κ1) is 17.5. The number of hydrogen-bond acceptors (Lipinski definition) is 4. The molecule has 2 heterocycles. The monoisotopic (exact) mass is 356 g/mol. The summed E-state index contributed by atoms with van der Waals surface area (Å²) in [6, 6.07) is 5.68. The van der Waals surface area contributed by atoms with Gasteiger partial charge in [-0.15, -0.1) is 0 Å². The molecule has 1 aliphatic heterocycles. The topological polar surface area (TPSA) is 88.3 Å². The second-order valence-electron chi connectivity index (χ2n) is 8.16. The van der Waals surface area contributed by atoms with Crippen molar-refractivity contribution < 1.29 is 9.59 Å². The Morgan fingerprint density at radius 1 is 1.15 bits per heavy atom. The Balaban J connectivity index is 1.31. The summed E-state index contributed by atoms with van der Waals surface area (Å²) in [5, 5.41) is 3.19. The molecule has 2 aliphatic carbocycles. The Morgan fingerprint density at radius 3 is 2.62 bits per heavy atom. The zero-order valence-electron chi connectivity index (χ0n) is 15.1. The molecule has 1 aromatic rings. The van der Waals surface area contributed by atoms with Crippen molar-refractivity contribution in [1.29, 1.82) is 0 Å². The molecule has 1 aromatic heterocycles. The molecule has 26 heavy (non-hydrogen) atoms. The molecule has 3 fully saturated rings. The van der Waals surface area contributed by atoms with Crippen LogP contribution >= 0.6 is 0 Å². The Morgan fingerprint density at radius 2 is 1.92 bits per heavy atom. The number of nitrogens with zero attached hydrogens (tertiary/aromatic N) is 2. The smallest absolute Gasteiger partial charge is 0.272 e. The second-order valence-corrected chi connectivity index (χ2v) is 8.16. The van der Waals surface area contributed by atoms with Crippen molar-refractivity contribution >= 4 is 11.8 Å². The molecule has 2 saturated carbocycles. The Kier molecular flexibility index (Phi) is 4.94. The molecule has 3 unspecified atom stereocenters. The number of aromatic nitrogens is 1. The Bertz CT molecular complexity index is 651. The summed E-state index contributed by atoms with van der Waals surface area (Å²) in [7, 11) is 0. The third kappa shape index (κ3) is 3.47. The molecule has 2 bridgehead atoms. The standard InChI is InChI=1S/C20H28N4O2/c21-18-13-4-3-5-14(18)11-15(10-13)19(25)23-16-7-9-24(12-16)20(26)17-6-1-2-8-22-17/h1-2,6,8,13-16,18H,3-5,7,9-12,21H2,(H,23,25). The lowest BCUT2D eigenvalue weighted by atomic mass is 9.65. The van der Waals surface area contributed by atoms with Gasteiger partial charge in [0.1, 0.15) is 5.69 Å². The summed E-state index contributed by atoms with van der Waals surface area (Å²) in [6.07, 6.45) is 7.87. The maximum atomic E-state index is 12.8. The molecule has 1 saturated heterocycles. The number of rotatable bonds is 3. The van der Waals surface area contributed by atoms with Gasteiger partial charge in [-0.05, 0) is 56.1 Å².